The molecule has 18 heavy (non-hydrogen) atoms. The summed E-state index contributed by atoms with van der Waals surface area (Å²) in [5.74, 6) is -0.489. The normalized spacial score (nSPS) is 14.1. The average molecular weight is 244 g/mol. The summed E-state index contributed by atoms with van der Waals surface area (Å²) in [5, 5.41) is 4.24. The molecule has 6 heteroatoms. The highest BCUT2D eigenvalue weighted by atomic mass is 16.7. The first-order valence-electron chi connectivity index (χ1n) is 5.27. The van der Waals surface area contributed by atoms with Crippen molar-refractivity contribution in [3.63, 3.8) is 0 Å². The number of aromatic nitrogens is 1. The lowest BCUT2D eigenvalue weighted by molar-refractivity contribution is -0.106. The van der Waals surface area contributed by atoms with Crippen molar-refractivity contribution in [1.29, 1.82) is 0 Å². The summed E-state index contributed by atoms with van der Waals surface area (Å²) < 4.78 is 4.82. The second-order valence-electron chi connectivity index (χ2n) is 3.70. The van der Waals surface area contributed by atoms with E-state index in [-0.39, 0.29) is 6.61 Å². The SMILES string of the molecule is O=C1c2ccccc2C(=O)N1OCc1ccno1. The topological polar surface area (TPSA) is 72.6 Å². The van der Waals surface area contributed by atoms with Crippen molar-refractivity contribution in [3.05, 3.63) is 53.4 Å². The van der Waals surface area contributed by atoms with Crippen LogP contribution in [-0.4, -0.2) is 22.0 Å². The van der Waals surface area contributed by atoms with Crippen LogP contribution in [0.4, 0.5) is 0 Å². The molecule has 0 atom stereocenters. The Balaban J connectivity index is 1.80. The molecule has 90 valence electrons. The van der Waals surface area contributed by atoms with Gasteiger partial charge in [-0.3, -0.25) is 14.4 Å². The number of benzene rings is 1. The third kappa shape index (κ3) is 1.59. The maximum atomic E-state index is 11.9. The van der Waals surface area contributed by atoms with E-state index in [4.69, 9.17) is 9.36 Å². The van der Waals surface area contributed by atoms with Crippen LogP contribution in [0, 0.1) is 0 Å². The fourth-order valence-electron chi connectivity index (χ4n) is 1.73. The van der Waals surface area contributed by atoms with Gasteiger partial charge in [0.1, 0.15) is 6.61 Å². The van der Waals surface area contributed by atoms with E-state index in [1.165, 1.54) is 6.20 Å². The van der Waals surface area contributed by atoms with E-state index in [0.29, 0.717) is 16.9 Å². The molecule has 0 bridgehead atoms. The van der Waals surface area contributed by atoms with Gasteiger partial charge in [0.25, 0.3) is 11.8 Å². The van der Waals surface area contributed by atoms with Crippen LogP contribution < -0.4 is 0 Å². The van der Waals surface area contributed by atoms with E-state index in [1.807, 2.05) is 0 Å². The number of hydrogen-bond donors (Lipinski definition) is 0. The highest BCUT2D eigenvalue weighted by molar-refractivity contribution is 6.20. The number of fused-ring (bicyclic) bond motifs is 1. The maximum absolute atomic E-state index is 11.9. The zero-order chi connectivity index (χ0) is 12.5. The number of amides is 2. The molecule has 0 radical (unpaired) electrons. The minimum atomic E-state index is -0.463. The van der Waals surface area contributed by atoms with E-state index < -0.39 is 11.8 Å². The molecule has 0 spiro atoms. The van der Waals surface area contributed by atoms with Crippen LogP contribution in [-0.2, 0) is 11.4 Å². The summed E-state index contributed by atoms with van der Waals surface area (Å²) >= 11 is 0. The average Bonchev–Trinajstić information content (AvgIpc) is 2.98. The van der Waals surface area contributed by atoms with Crippen LogP contribution in [0.2, 0.25) is 0 Å². The fourth-order valence-corrected chi connectivity index (χ4v) is 1.73. The monoisotopic (exact) mass is 244 g/mol. The Morgan fingerprint density at radius 2 is 1.78 bits per heavy atom. The molecule has 1 aromatic heterocycles. The smallest absolute Gasteiger partial charge is 0.285 e. The van der Waals surface area contributed by atoms with Gasteiger partial charge in [-0.15, -0.1) is 5.06 Å². The van der Waals surface area contributed by atoms with Gasteiger partial charge in [0.15, 0.2) is 5.76 Å². The van der Waals surface area contributed by atoms with Crippen molar-refractivity contribution in [2.75, 3.05) is 0 Å². The predicted molar refractivity (Wildman–Crippen MR) is 58.2 cm³/mol. The van der Waals surface area contributed by atoms with Gasteiger partial charge in [-0.05, 0) is 12.1 Å². The Morgan fingerprint density at radius 3 is 2.33 bits per heavy atom. The molecule has 0 fully saturated rings. The lowest BCUT2D eigenvalue weighted by Crippen LogP contribution is -2.29. The number of rotatable bonds is 3. The third-order valence-electron chi connectivity index (χ3n) is 2.58. The molecule has 1 aromatic carbocycles. The molecule has 2 heterocycles. The minimum Gasteiger partial charge on any atom is -0.359 e. The zero-order valence-corrected chi connectivity index (χ0v) is 9.20. The number of imide groups is 1. The minimum absolute atomic E-state index is 0.0224. The van der Waals surface area contributed by atoms with E-state index in [1.54, 1.807) is 30.3 Å². The first-order chi connectivity index (χ1) is 8.77. The van der Waals surface area contributed by atoms with Gasteiger partial charge in [0.2, 0.25) is 0 Å². The quantitative estimate of drug-likeness (QED) is 0.763. The molecule has 0 unspecified atom stereocenters. The Kier molecular flexibility index (Phi) is 2.42. The highest BCUT2D eigenvalue weighted by Crippen LogP contribution is 2.23. The standard InChI is InChI=1S/C12H8N2O4/c15-11-9-3-1-2-4-10(9)12(16)14(11)17-7-8-5-6-13-18-8/h1-6H,7H2. The van der Waals surface area contributed by atoms with Crippen LogP contribution in [0.3, 0.4) is 0 Å². The molecule has 1 aliphatic rings. The summed E-state index contributed by atoms with van der Waals surface area (Å²) in [6, 6.07) is 8.17. The molecule has 0 saturated carbocycles. The van der Waals surface area contributed by atoms with Gasteiger partial charge in [0.05, 0.1) is 17.3 Å². The van der Waals surface area contributed by atoms with Crippen LogP contribution in [0.25, 0.3) is 0 Å². The summed E-state index contributed by atoms with van der Waals surface area (Å²) in [5.41, 5.74) is 0.695. The lowest BCUT2D eigenvalue weighted by atomic mass is 10.1. The summed E-state index contributed by atoms with van der Waals surface area (Å²) in [7, 11) is 0. The largest absolute Gasteiger partial charge is 0.359 e. The van der Waals surface area contributed by atoms with E-state index >= 15 is 0 Å². The number of hydroxylamine groups is 2. The molecule has 2 aromatic rings. The highest BCUT2D eigenvalue weighted by Gasteiger charge is 2.36. The van der Waals surface area contributed by atoms with Crippen molar-refractivity contribution in [2.24, 2.45) is 0 Å². The molecule has 2 amide bonds. The van der Waals surface area contributed by atoms with Gasteiger partial charge in [-0.2, -0.15) is 0 Å². The first-order valence-corrected chi connectivity index (χ1v) is 5.27. The van der Waals surface area contributed by atoms with Crippen LogP contribution in [0.5, 0.6) is 0 Å². The third-order valence-corrected chi connectivity index (χ3v) is 2.58. The van der Waals surface area contributed by atoms with Crippen molar-refractivity contribution in [2.45, 2.75) is 6.61 Å². The summed E-state index contributed by atoms with van der Waals surface area (Å²) in [6.45, 7) is -0.0224. The van der Waals surface area contributed by atoms with Gasteiger partial charge in [0, 0.05) is 6.07 Å². The van der Waals surface area contributed by atoms with Crippen molar-refractivity contribution < 1.29 is 18.9 Å². The van der Waals surface area contributed by atoms with E-state index in [0.717, 1.165) is 5.06 Å². The van der Waals surface area contributed by atoms with Gasteiger partial charge >= 0.3 is 0 Å². The second-order valence-corrected chi connectivity index (χ2v) is 3.70. The zero-order valence-electron chi connectivity index (χ0n) is 9.20. The summed E-state index contributed by atoms with van der Waals surface area (Å²) in [4.78, 5) is 29.0. The summed E-state index contributed by atoms with van der Waals surface area (Å²) in [6.07, 6.45) is 1.46. The number of nitrogens with zero attached hydrogens (tertiary/aromatic N) is 2. The second kappa shape index (κ2) is 4.08. The Labute approximate surface area is 102 Å². The van der Waals surface area contributed by atoms with Gasteiger partial charge in [-0.1, -0.05) is 17.3 Å². The van der Waals surface area contributed by atoms with Gasteiger partial charge in [-0.25, -0.2) is 0 Å². The number of carbonyl (C=O) groups excluding carboxylic acids is 2. The molecule has 3 rings (SSSR count). The van der Waals surface area contributed by atoms with Crippen LogP contribution >= 0.6 is 0 Å². The molecule has 6 nitrogen and oxygen atoms in total. The number of hydrogen-bond acceptors (Lipinski definition) is 5. The maximum Gasteiger partial charge on any atom is 0.285 e. The van der Waals surface area contributed by atoms with E-state index in [9.17, 15) is 9.59 Å². The first kappa shape index (κ1) is 10.7. The van der Waals surface area contributed by atoms with Crippen molar-refractivity contribution in [1.82, 2.24) is 10.2 Å². The lowest BCUT2D eigenvalue weighted by Gasteiger charge is -2.11. The molecule has 1 aliphatic heterocycles. The molecule has 0 saturated heterocycles. The van der Waals surface area contributed by atoms with Crippen molar-refractivity contribution >= 4 is 11.8 Å². The number of carbonyl (C=O) groups is 2. The van der Waals surface area contributed by atoms with Gasteiger partial charge < -0.3 is 4.52 Å². The molecular formula is C12H8N2O4. The van der Waals surface area contributed by atoms with Crippen molar-refractivity contribution in [3.8, 4) is 0 Å². The molecule has 0 aliphatic carbocycles. The molecule has 0 N–H and O–H groups in total. The van der Waals surface area contributed by atoms with Crippen LogP contribution in [0.15, 0.2) is 41.1 Å². The Bertz CT molecular complexity index is 571. The Hall–Kier alpha value is -2.47. The van der Waals surface area contributed by atoms with E-state index in [2.05, 4.69) is 5.16 Å². The Morgan fingerprint density at radius 1 is 1.11 bits per heavy atom. The fraction of sp³-hybridized carbons (Fsp3) is 0.0833. The van der Waals surface area contributed by atoms with Crippen LogP contribution in [0.1, 0.15) is 26.5 Å². The molecular weight excluding hydrogens is 236 g/mol. The predicted octanol–water partition coefficient (Wildman–Crippen LogP) is 1.40.